The van der Waals surface area contributed by atoms with Crippen LogP contribution in [0, 0.1) is 0 Å². The molecule has 0 radical (unpaired) electrons. The van der Waals surface area contributed by atoms with Gasteiger partial charge in [-0.3, -0.25) is 9.20 Å². The number of imidazole rings is 1. The third-order valence-electron chi connectivity index (χ3n) is 4.59. The van der Waals surface area contributed by atoms with E-state index in [1.807, 2.05) is 24.3 Å². The van der Waals surface area contributed by atoms with Gasteiger partial charge >= 0.3 is 5.69 Å². The van der Waals surface area contributed by atoms with Gasteiger partial charge in [0.25, 0.3) is 5.91 Å². The van der Waals surface area contributed by atoms with E-state index in [4.69, 9.17) is 4.74 Å². The van der Waals surface area contributed by atoms with Crippen LogP contribution in [-0.4, -0.2) is 51.4 Å². The number of rotatable bonds is 9. The molecule has 28 heavy (non-hydrogen) atoms. The fraction of sp³-hybridized carbons (Fsp3) is 0.350. The van der Waals surface area contributed by atoms with Crippen molar-refractivity contribution in [1.29, 1.82) is 0 Å². The number of aromatic amines is 1. The van der Waals surface area contributed by atoms with Gasteiger partial charge in [-0.15, -0.1) is 0 Å². The number of nitrogens with zero attached hydrogens (tertiary/aromatic N) is 3. The van der Waals surface area contributed by atoms with E-state index in [9.17, 15) is 9.59 Å². The molecule has 0 atom stereocenters. The summed E-state index contributed by atoms with van der Waals surface area (Å²) in [5.41, 5.74) is 1.15. The molecule has 0 aliphatic carbocycles. The summed E-state index contributed by atoms with van der Waals surface area (Å²) in [7, 11) is 0. The van der Waals surface area contributed by atoms with E-state index < -0.39 is 5.69 Å². The minimum Gasteiger partial charge on any atom is -0.492 e. The Morgan fingerprint density at radius 3 is 2.71 bits per heavy atom. The topological polar surface area (TPSA) is 91.7 Å². The molecule has 0 unspecified atom stereocenters. The molecule has 3 aromatic rings. The second kappa shape index (κ2) is 9.18. The van der Waals surface area contributed by atoms with Crippen molar-refractivity contribution in [3.63, 3.8) is 0 Å². The Balaban J connectivity index is 1.52. The molecule has 3 rings (SSSR count). The summed E-state index contributed by atoms with van der Waals surface area (Å²) in [6, 6.07) is 9.15. The van der Waals surface area contributed by atoms with E-state index in [0.717, 1.165) is 30.9 Å². The molecule has 1 amide bonds. The summed E-state index contributed by atoms with van der Waals surface area (Å²) in [4.78, 5) is 33.1. The van der Waals surface area contributed by atoms with Gasteiger partial charge < -0.3 is 19.9 Å². The van der Waals surface area contributed by atoms with Gasteiger partial charge in [-0.25, -0.2) is 9.78 Å². The predicted octanol–water partition coefficient (Wildman–Crippen LogP) is 1.67. The van der Waals surface area contributed by atoms with Crippen LogP contribution in [-0.2, 0) is 6.54 Å². The van der Waals surface area contributed by atoms with Gasteiger partial charge in [0.2, 0.25) is 0 Å². The van der Waals surface area contributed by atoms with Crippen molar-refractivity contribution in [2.45, 2.75) is 20.4 Å². The number of hydrogen-bond acceptors (Lipinski definition) is 5. The monoisotopic (exact) mass is 383 g/mol. The van der Waals surface area contributed by atoms with Gasteiger partial charge in [0.1, 0.15) is 23.7 Å². The van der Waals surface area contributed by atoms with Crippen LogP contribution in [0.15, 0.2) is 47.5 Å². The number of H-pyrrole nitrogens is 1. The maximum Gasteiger partial charge on any atom is 0.331 e. The molecule has 0 spiro atoms. The summed E-state index contributed by atoms with van der Waals surface area (Å²) in [5, 5.41) is 2.80. The van der Waals surface area contributed by atoms with Crippen LogP contribution in [0.1, 0.15) is 29.9 Å². The van der Waals surface area contributed by atoms with Crippen molar-refractivity contribution < 1.29 is 9.53 Å². The highest BCUT2D eigenvalue weighted by Gasteiger charge is 2.10. The Labute approximate surface area is 163 Å². The molecule has 0 fully saturated rings. The van der Waals surface area contributed by atoms with Gasteiger partial charge in [0.15, 0.2) is 0 Å². The Morgan fingerprint density at radius 1 is 1.25 bits per heavy atom. The zero-order valence-corrected chi connectivity index (χ0v) is 16.1. The molecule has 0 aliphatic rings. The molecule has 1 aromatic carbocycles. The van der Waals surface area contributed by atoms with E-state index in [1.54, 1.807) is 12.3 Å². The standard InChI is InChI=1S/C20H25N5O3/c1-3-24(4-2)11-12-28-16-7-5-15(6-8-16)14-22-19(26)17-13-18-21-9-10-25(18)20(27)23-17/h5-10,13H,3-4,11-12,14H2,1-2H3,(H,22,26)(H,23,27). The number of fused-ring (bicyclic) bond motifs is 1. The van der Waals surface area contributed by atoms with E-state index in [-0.39, 0.29) is 11.6 Å². The minimum absolute atomic E-state index is 0.181. The first-order valence-electron chi connectivity index (χ1n) is 9.39. The lowest BCUT2D eigenvalue weighted by molar-refractivity contribution is 0.0945. The molecule has 0 bridgehead atoms. The fourth-order valence-electron chi connectivity index (χ4n) is 2.87. The summed E-state index contributed by atoms with van der Waals surface area (Å²) >= 11 is 0. The second-order valence-electron chi connectivity index (χ2n) is 6.35. The van der Waals surface area contributed by atoms with Crippen molar-refractivity contribution in [3.05, 3.63) is 64.5 Å². The number of hydrogen-bond donors (Lipinski definition) is 2. The van der Waals surface area contributed by atoms with Crippen LogP contribution >= 0.6 is 0 Å². The Bertz CT molecular complexity index is 973. The molecular formula is C20H25N5O3. The highest BCUT2D eigenvalue weighted by Crippen LogP contribution is 2.12. The van der Waals surface area contributed by atoms with Gasteiger partial charge in [0.05, 0.1) is 0 Å². The number of ether oxygens (including phenoxy) is 1. The molecular weight excluding hydrogens is 358 g/mol. The number of likely N-dealkylation sites (N-methyl/N-ethyl adjacent to an activating group) is 1. The first-order chi connectivity index (χ1) is 13.6. The molecule has 2 N–H and O–H groups in total. The van der Waals surface area contributed by atoms with Crippen LogP contribution in [0.2, 0.25) is 0 Å². The van der Waals surface area contributed by atoms with E-state index in [1.165, 1.54) is 10.6 Å². The summed E-state index contributed by atoms with van der Waals surface area (Å²) in [6.45, 7) is 8.17. The maximum atomic E-state index is 12.3. The van der Waals surface area contributed by atoms with Crippen molar-refractivity contribution in [2.24, 2.45) is 0 Å². The molecule has 0 saturated heterocycles. The number of nitrogens with one attached hydrogen (secondary N) is 2. The zero-order chi connectivity index (χ0) is 19.9. The number of amides is 1. The molecule has 2 heterocycles. The SMILES string of the molecule is CCN(CC)CCOc1ccc(CNC(=O)c2cc3nccn3c(=O)[nH]2)cc1. The van der Waals surface area contributed by atoms with Crippen molar-refractivity contribution in [1.82, 2.24) is 24.6 Å². The fourth-order valence-corrected chi connectivity index (χ4v) is 2.87. The number of benzene rings is 1. The Morgan fingerprint density at radius 2 is 2.00 bits per heavy atom. The third-order valence-corrected chi connectivity index (χ3v) is 4.59. The molecule has 2 aromatic heterocycles. The maximum absolute atomic E-state index is 12.3. The van der Waals surface area contributed by atoms with E-state index in [0.29, 0.717) is 18.8 Å². The average Bonchev–Trinajstić information content (AvgIpc) is 3.19. The second-order valence-corrected chi connectivity index (χ2v) is 6.35. The lowest BCUT2D eigenvalue weighted by Gasteiger charge is -2.18. The van der Waals surface area contributed by atoms with E-state index in [2.05, 4.69) is 34.0 Å². The first-order valence-corrected chi connectivity index (χ1v) is 9.39. The van der Waals surface area contributed by atoms with Crippen molar-refractivity contribution in [3.8, 4) is 5.75 Å². The van der Waals surface area contributed by atoms with Crippen LogP contribution in [0.5, 0.6) is 5.75 Å². The molecule has 148 valence electrons. The number of aromatic nitrogens is 3. The normalized spacial score (nSPS) is 11.1. The zero-order valence-electron chi connectivity index (χ0n) is 16.1. The van der Waals surface area contributed by atoms with Gasteiger partial charge in [-0.2, -0.15) is 0 Å². The number of carbonyl (C=O) groups is 1. The highest BCUT2D eigenvalue weighted by molar-refractivity contribution is 5.92. The summed E-state index contributed by atoms with van der Waals surface area (Å²) < 4.78 is 7.10. The summed E-state index contributed by atoms with van der Waals surface area (Å²) in [5.74, 6) is 0.443. The minimum atomic E-state index is -0.397. The van der Waals surface area contributed by atoms with Crippen LogP contribution in [0.4, 0.5) is 0 Å². The molecule has 0 aliphatic heterocycles. The van der Waals surface area contributed by atoms with Crippen LogP contribution in [0.3, 0.4) is 0 Å². The predicted molar refractivity (Wildman–Crippen MR) is 107 cm³/mol. The quantitative estimate of drug-likeness (QED) is 0.587. The van der Waals surface area contributed by atoms with Gasteiger partial charge in [-0.05, 0) is 30.8 Å². The average molecular weight is 383 g/mol. The van der Waals surface area contributed by atoms with E-state index >= 15 is 0 Å². The Hall–Kier alpha value is -3.13. The lowest BCUT2D eigenvalue weighted by Crippen LogP contribution is -2.28. The smallest absolute Gasteiger partial charge is 0.331 e. The largest absolute Gasteiger partial charge is 0.492 e. The Kier molecular flexibility index (Phi) is 6.44. The highest BCUT2D eigenvalue weighted by atomic mass is 16.5. The van der Waals surface area contributed by atoms with Crippen LogP contribution in [0.25, 0.3) is 5.65 Å². The third kappa shape index (κ3) is 4.77. The van der Waals surface area contributed by atoms with Crippen molar-refractivity contribution in [2.75, 3.05) is 26.2 Å². The lowest BCUT2D eigenvalue weighted by atomic mass is 10.2. The van der Waals surface area contributed by atoms with Gasteiger partial charge in [-0.1, -0.05) is 26.0 Å². The molecule has 8 heteroatoms. The van der Waals surface area contributed by atoms with Crippen LogP contribution < -0.4 is 15.7 Å². The van der Waals surface area contributed by atoms with Crippen molar-refractivity contribution >= 4 is 11.6 Å². The number of carbonyl (C=O) groups excluding carboxylic acids is 1. The first kappa shape index (κ1) is 19.6. The summed E-state index contributed by atoms with van der Waals surface area (Å²) in [6.07, 6.45) is 3.05. The molecule has 0 saturated carbocycles. The molecule has 8 nitrogen and oxygen atoms in total. The van der Waals surface area contributed by atoms with Gasteiger partial charge in [0, 0.05) is 31.5 Å².